The molecule has 0 bridgehead atoms. The predicted octanol–water partition coefficient (Wildman–Crippen LogP) is 4.50. The van der Waals surface area contributed by atoms with Crippen molar-refractivity contribution in [2.24, 2.45) is 4.99 Å². The van der Waals surface area contributed by atoms with Gasteiger partial charge in [-0.05, 0) is 37.5 Å². The van der Waals surface area contributed by atoms with E-state index in [9.17, 15) is 14.0 Å². The number of nitrogens with zero attached hydrogens (tertiary/aromatic N) is 5. The first kappa shape index (κ1) is 23.4. The van der Waals surface area contributed by atoms with Gasteiger partial charge in [0.2, 0.25) is 0 Å². The van der Waals surface area contributed by atoms with Crippen molar-refractivity contribution in [1.29, 1.82) is 0 Å². The van der Waals surface area contributed by atoms with Crippen LogP contribution in [0.15, 0.2) is 37.3 Å². The van der Waals surface area contributed by atoms with Crippen LogP contribution in [0.5, 0.6) is 0 Å². The molecule has 2 aromatic heterocycles. The zero-order valence-corrected chi connectivity index (χ0v) is 19.5. The number of rotatable bonds is 9. The average Bonchev–Trinajstić information content (AvgIpc) is 3.40. The van der Waals surface area contributed by atoms with Crippen molar-refractivity contribution in [3.05, 3.63) is 61.3 Å². The Hall–Kier alpha value is -2.78. The highest BCUT2D eigenvalue weighted by molar-refractivity contribution is 6.66. The molecule has 3 heterocycles. The first-order valence-corrected chi connectivity index (χ1v) is 11.5. The summed E-state index contributed by atoms with van der Waals surface area (Å²) in [5.41, 5.74) is -0.0792. The van der Waals surface area contributed by atoms with Gasteiger partial charge in [-0.15, -0.1) is 0 Å². The molecule has 0 N–H and O–H groups in total. The van der Waals surface area contributed by atoms with E-state index in [4.69, 9.17) is 27.7 Å². The summed E-state index contributed by atoms with van der Waals surface area (Å²) in [7, 11) is 0. The van der Waals surface area contributed by atoms with Gasteiger partial charge in [-0.2, -0.15) is 4.98 Å². The molecule has 0 unspecified atom stereocenters. The van der Waals surface area contributed by atoms with E-state index in [1.54, 1.807) is 10.6 Å². The van der Waals surface area contributed by atoms with Gasteiger partial charge in [0.05, 0.1) is 11.1 Å². The van der Waals surface area contributed by atoms with Crippen LogP contribution in [-0.4, -0.2) is 24.4 Å². The van der Waals surface area contributed by atoms with Crippen LogP contribution in [0.25, 0.3) is 11.5 Å². The molecule has 1 aliphatic rings. The van der Waals surface area contributed by atoms with E-state index in [0.717, 1.165) is 12.8 Å². The summed E-state index contributed by atoms with van der Waals surface area (Å²) in [6.07, 6.45) is 3.57. The highest BCUT2D eigenvalue weighted by Gasteiger charge is 2.24. The zero-order valence-electron chi connectivity index (χ0n) is 18.0. The molecule has 3 aromatic rings. The van der Waals surface area contributed by atoms with Crippen LogP contribution in [0.1, 0.15) is 44.0 Å². The first-order chi connectivity index (χ1) is 15.9. The van der Waals surface area contributed by atoms with Gasteiger partial charge in [0, 0.05) is 31.0 Å². The molecule has 0 spiro atoms. The van der Waals surface area contributed by atoms with Gasteiger partial charge < -0.3 is 4.52 Å². The third-order valence-electron chi connectivity index (χ3n) is 5.44. The topological polar surface area (TPSA) is 95.3 Å². The Morgan fingerprint density at radius 2 is 1.91 bits per heavy atom. The van der Waals surface area contributed by atoms with Crippen LogP contribution in [-0.2, 0) is 25.9 Å². The normalized spacial score (nSPS) is 12.8. The summed E-state index contributed by atoms with van der Waals surface area (Å²) in [5.74, 6) is 0.330. The summed E-state index contributed by atoms with van der Waals surface area (Å²) in [6.45, 7) is 2.77. The second-order valence-corrected chi connectivity index (χ2v) is 8.68. The van der Waals surface area contributed by atoms with Gasteiger partial charge in [-0.3, -0.25) is 13.9 Å². The maximum absolute atomic E-state index is 14.1. The molecule has 0 fully saturated rings. The number of benzene rings is 1. The Labute approximate surface area is 198 Å². The van der Waals surface area contributed by atoms with Crippen molar-refractivity contribution < 1.29 is 8.91 Å². The predicted molar refractivity (Wildman–Crippen MR) is 124 cm³/mol. The minimum atomic E-state index is -0.544. The molecule has 1 aromatic carbocycles. The molecule has 0 saturated carbocycles. The van der Waals surface area contributed by atoms with Gasteiger partial charge in [0.1, 0.15) is 16.8 Å². The molecule has 0 aliphatic carbocycles. The number of aliphatic imine (C=N–C) groups is 1. The second-order valence-electron chi connectivity index (χ2n) is 7.81. The lowest BCUT2D eigenvalue weighted by molar-refractivity contribution is 0.418. The molecular formula is C22H22Cl2FN5O3. The van der Waals surface area contributed by atoms with Gasteiger partial charge in [0.25, 0.3) is 11.4 Å². The van der Waals surface area contributed by atoms with E-state index in [1.165, 1.54) is 16.7 Å². The third-order valence-corrected chi connectivity index (χ3v) is 5.89. The molecule has 1 aliphatic heterocycles. The monoisotopic (exact) mass is 493 g/mol. The summed E-state index contributed by atoms with van der Waals surface area (Å²) < 4.78 is 22.0. The summed E-state index contributed by atoms with van der Waals surface area (Å²) >= 11 is 11.8. The minimum Gasteiger partial charge on any atom is -0.334 e. The standard InChI is InChI=1S/C22H22Cl2FN5O3/c1-2-3-9-29-19-15(12-17(24)26-19)21(31)30(22(29)32)10-5-4-6-18-27-20(33-28-18)14-8-7-13(23)11-16(14)25/h7-8,11H,2-6,9-10,12H2,1H3. The molecule has 4 rings (SSSR count). The Balaban J connectivity index is 1.44. The molecule has 11 heteroatoms. The van der Waals surface area contributed by atoms with E-state index < -0.39 is 5.82 Å². The molecule has 0 radical (unpaired) electrons. The first-order valence-electron chi connectivity index (χ1n) is 10.8. The average molecular weight is 494 g/mol. The number of halogens is 3. The molecule has 0 saturated heterocycles. The Morgan fingerprint density at radius 3 is 2.67 bits per heavy atom. The van der Waals surface area contributed by atoms with Gasteiger partial charge in [-0.1, -0.05) is 41.7 Å². The van der Waals surface area contributed by atoms with Crippen molar-refractivity contribution in [1.82, 2.24) is 19.3 Å². The van der Waals surface area contributed by atoms with E-state index in [0.29, 0.717) is 48.2 Å². The highest BCUT2D eigenvalue weighted by atomic mass is 35.5. The fourth-order valence-electron chi connectivity index (χ4n) is 3.72. The van der Waals surface area contributed by atoms with Crippen molar-refractivity contribution in [2.75, 3.05) is 0 Å². The van der Waals surface area contributed by atoms with E-state index in [1.807, 2.05) is 6.92 Å². The second kappa shape index (κ2) is 10.0. The Morgan fingerprint density at radius 1 is 1.12 bits per heavy atom. The summed E-state index contributed by atoms with van der Waals surface area (Å²) in [6, 6.07) is 4.21. The Bertz CT molecular complexity index is 1330. The molecule has 0 atom stereocenters. The van der Waals surface area contributed by atoms with Gasteiger partial charge >= 0.3 is 5.69 Å². The molecular weight excluding hydrogens is 472 g/mol. The van der Waals surface area contributed by atoms with Crippen LogP contribution in [0.2, 0.25) is 5.02 Å². The summed E-state index contributed by atoms with van der Waals surface area (Å²) in [4.78, 5) is 34.3. The van der Waals surface area contributed by atoms with Crippen LogP contribution in [0.4, 0.5) is 10.2 Å². The smallest absolute Gasteiger partial charge is 0.332 e. The number of aromatic nitrogens is 4. The maximum atomic E-state index is 14.1. The van der Waals surface area contributed by atoms with Crippen LogP contribution in [0, 0.1) is 5.82 Å². The van der Waals surface area contributed by atoms with Gasteiger partial charge in [0.15, 0.2) is 5.82 Å². The lowest BCUT2D eigenvalue weighted by atomic mass is 10.2. The zero-order chi connectivity index (χ0) is 23.5. The fraction of sp³-hybridized carbons (Fsp3) is 0.409. The largest absolute Gasteiger partial charge is 0.334 e. The minimum absolute atomic E-state index is 0.0738. The Kier molecular flexibility index (Phi) is 7.09. The molecule has 0 amide bonds. The lowest BCUT2D eigenvalue weighted by Crippen LogP contribution is -2.41. The van der Waals surface area contributed by atoms with E-state index in [-0.39, 0.29) is 40.7 Å². The number of aryl methyl sites for hydroxylation is 1. The fourth-order valence-corrected chi connectivity index (χ4v) is 4.10. The van der Waals surface area contributed by atoms with E-state index >= 15 is 0 Å². The van der Waals surface area contributed by atoms with Crippen LogP contribution in [0.3, 0.4) is 0 Å². The van der Waals surface area contributed by atoms with Crippen molar-refractivity contribution in [3.8, 4) is 11.5 Å². The molecule has 33 heavy (non-hydrogen) atoms. The SMILES string of the molecule is CCCCn1c2c(c(=O)n(CCCCc3noc(-c4ccc(Cl)cc4F)n3)c1=O)CC(Cl)=N2. The quantitative estimate of drug-likeness (QED) is 0.409. The van der Waals surface area contributed by atoms with Gasteiger partial charge in [-0.25, -0.2) is 14.2 Å². The summed E-state index contributed by atoms with van der Waals surface area (Å²) in [5, 5.41) is 4.48. The molecule has 8 nitrogen and oxygen atoms in total. The number of unbranched alkanes of at least 4 members (excludes halogenated alkanes) is 2. The molecule has 174 valence electrons. The van der Waals surface area contributed by atoms with Crippen molar-refractivity contribution in [2.45, 2.75) is 58.5 Å². The maximum Gasteiger partial charge on any atom is 0.332 e. The highest BCUT2D eigenvalue weighted by Crippen LogP contribution is 2.25. The van der Waals surface area contributed by atoms with E-state index in [2.05, 4.69) is 15.1 Å². The third kappa shape index (κ3) is 4.94. The van der Waals surface area contributed by atoms with Crippen molar-refractivity contribution in [3.63, 3.8) is 0 Å². The number of fused-ring (bicyclic) bond motifs is 1. The number of hydrogen-bond donors (Lipinski definition) is 0. The van der Waals surface area contributed by atoms with Crippen LogP contribution >= 0.6 is 23.2 Å². The van der Waals surface area contributed by atoms with Crippen LogP contribution < -0.4 is 11.2 Å². The van der Waals surface area contributed by atoms with Crippen molar-refractivity contribution >= 4 is 34.2 Å². The lowest BCUT2D eigenvalue weighted by Gasteiger charge is -2.13. The number of hydrogen-bond acceptors (Lipinski definition) is 6.